The summed E-state index contributed by atoms with van der Waals surface area (Å²) in [5, 5.41) is 24.9. The maximum Gasteiger partial charge on any atom is 0.191 e. The van der Waals surface area contributed by atoms with Gasteiger partial charge < -0.3 is 15.5 Å². The Hall–Kier alpha value is -3.58. The van der Waals surface area contributed by atoms with Gasteiger partial charge in [-0.15, -0.1) is 0 Å². The average molecular weight is 390 g/mol. The van der Waals surface area contributed by atoms with E-state index in [0.29, 0.717) is 22.6 Å². The van der Waals surface area contributed by atoms with Gasteiger partial charge in [-0.05, 0) is 43.2 Å². The van der Waals surface area contributed by atoms with Crippen molar-refractivity contribution in [3.05, 3.63) is 65.0 Å². The van der Waals surface area contributed by atoms with Gasteiger partial charge in [-0.1, -0.05) is 12.1 Å². The molecule has 1 unspecified atom stereocenters. The number of anilines is 1. The summed E-state index contributed by atoms with van der Waals surface area (Å²) >= 11 is 0. The van der Waals surface area contributed by atoms with Gasteiger partial charge in [0.2, 0.25) is 0 Å². The van der Waals surface area contributed by atoms with E-state index in [4.69, 9.17) is 5.26 Å². The minimum atomic E-state index is -0.357. The number of para-hydroxylation sites is 1. The average Bonchev–Trinajstić information content (AvgIpc) is 2.77. The fraction of sp³-hybridized carbons (Fsp3) is 0.318. The minimum Gasteiger partial charge on any atom is -0.368 e. The first-order valence-corrected chi connectivity index (χ1v) is 9.54. The van der Waals surface area contributed by atoms with E-state index in [9.17, 15) is 9.65 Å². The molecule has 6 nitrogen and oxygen atoms in total. The molecule has 2 N–H and O–H groups in total. The third kappa shape index (κ3) is 5.03. The van der Waals surface area contributed by atoms with Crippen molar-refractivity contribution in [1.29, 1.82) is 10.5 Å². The highest BCUT2D eigenvalue weighted by Crippen LogP contribution is 2.23. The summed E-state index contributed by atoms with van der Waals surface area (Å²) in [5.74, 6) is 0.219. The SMILES string of the molecule is CN=C(NCc1cc(C#N)ccc1F)NC1CCCN(c2ccccc2C#N)C1. The first kappa shape index (κ1) is 20.2. The Morgan fingerprint density at radius 2 is 2.07 bits per heavy atom. The van der Waals surface area contributed by atoms with Crippen LogP contribution in [0.1, 0.15) is 29.5 Å². The summed E-state index contributed by atoms with van der Waals surface area (Å²) in [4.78, 5) is 6.45. The van der Waals surface area contributed by atoms with Crippen LogP contribution < -0.4 is 15.5 Å². The molecule has 148 valence electrons. The molecule has 1 atom stereocenters. The predicted octanol–water partition coefficient (Wildman–Crippen LogP) is 2.90. The highest BCUT2D eigenvalue weighted by atomic mass is 19.1. The van der Waals surface area contributed by atoms with Crippen LogP contribution >= 0.6 is 0 Å². The number of nitriles is 2. The summed E-state index contributed by atoms with van der Waals surface area (Å²) in [7, 11) is 1.67. The fourth-order valence-electron chi connectivity index (χ4n) is 3.50. The van der Waals surface area contributed by atoms with Crippen LogP contribution in [-0.2, 0) is 6.54 Å². The van der Waals surface area contributed by atoms with Crippen molar-refractivity contribution in [2.24, 2.45) is 4.99 Å². The van der Waals surface area contributed by atoms with Crippen LogP contribution in [0, 0.1) is 28.5 Å². The number of halogens is 1. The third-order valence-electron chi connectivity index (χ3n) is 4.97. The second-order valence-corrected chi connectivity index (χ2v) is 6.90. The van der Waals surface area contributed by atoms with E-state index >= 15 is 0 Å². The lowest BCUT2D eigenvalue weighted by Crippen LogP contribution is -2.51. The van der Waals surface area contributed by atoms with Crippen molar-refractivity contribution >= 4 is 11.6 Å². The number of rotatable bonds is 4. The van der Waals surface area contributed by atoms with E-state index < -0.39 is 0 Å². The van der Waals surface area contributed by atoms with Gasteiger partial charge in [0, 0.05) is 38.3 Å². The summed E-state index contributed by atoms with van der Waals surface area (Å²) in [6.45, 7) is 1.88. The lowest BCUT2D eigenvalue weighted by molar-refractivity contribution is 0.467. The number of aliphatic imine (C=N–C) groups is 1. The topological polar surface area (TPSA) is 87.2 Å². The van der Waals surface area contributed by atoms with E-state index in [2.05, 4.69) is 26.6 Å². The number of guanidine groups is 1. The number of hydrogen-bond donors (Lipinski definition) is 2. The van der Waals surface area contributed by atoms with Crippen LogP contribution in [0.2, 0.25) is 0 Å². The van der Waals surface area contributed by atoms with Gasteiger partial charge in [0.15, 0.2) is 5.96 Å². The quantitative estimate of drug-likeness (QED) is 0.619. The number of nitrogens with one attached hydrogen (secondary N) is 2. The normalized spacial score (nSPS) is 16.6. The summed E-state index contributed by atoms with van der Waals surface area (Å²) < 4.78 is 14.0. The van der Waals surface area contributed by atoms with E-state index in [0.717, 1.165) is 31.6 Å². The zero-order valence-corrected chi connectivity index (χ0v) is 16.3. The van der Waals surface area contributed by atoms with Gasteiger partial charge in [-0.3, -0.25) is 4.99 Å². The molecule has 0 aliphatic carbocycles. The van der Waals surface area contributed by atoms with Crippen molar-refractivity contribution in [2.75, 3.05) is 25.0 Å². The zero-order chi connectivity index (χ0) is 20.6. The van der Waals surface area contributed by atoms with Crippen LogP contribution in [0.25, 0.3) is 0 Å². The van der Waals surface area contributed by atoms with Crippen LogP contribution in [0.5, 0.6) is 0 Å². The molecule has 0 amide bonds. The van der Waals surface area contributed by atoms with Gasteiger partial charge in [0.1, 0.15) is 11.9 Å². The first-order valence-electron chi connectivity index (χ1n) is 9.54. The van der Waals surface area contributed by atoms with Gasteiger partial charge in [0.25, 0.3) is 0 Å². The van der Waals surface area contributed by atoms with Gasteiger partial charge in [-0.25, -0.2) is 4.39 Å². The van der Waals surface area contributed by atoms with E-state index in [1.54, 1.807) is 7.05 Å². The van der Waals surface area contributed by atoms with Crippen molar-refractivity contribution in [2.45, 2.75) is 25.4 Å². The molecule has 0 bridgehead atoms. The molecule has 29 heavy (non-hydrogen) atoms. The minimum absolute atomic E-state index is 0.150. The molecule has 2 aromatic rings. The summed E-state index contributed by atoms with van der Waals surface area (Å²) in [6, 6.07) is 16.3. The molecule has 0 spiro atoms. The van der Waals surface area contributed by atoms with Gasteiger partial charge in [0.05, 0.1) is 22.9 Å². The molecule has 2 aromatic carbocycles. The second-order valence-electron chi connectivity index (χ2n) is 6.90. The Bertz CT molecular complexity index is 972. The number of piperidine rings is 1. The molecule has 0 saturated carbocycles. The molecular formula is C22H23FN6. The Morgan fingerprint density at radius 3 is 2.83 bits per heavy atom. The second kappa shape index (κ2) is 9.57. The maximum absolute atomic E-state index is 14.0. The molecule has 1 saturated heterocycles. The molecule has 7 heteroatoms. The molecule has 1 aliphatic rings. The third-order valence-corrected chi connectivity index (χ3v) is 4.97. The molecule has 1 heterocycles. The lowest BCUT2D eigenvalue weighted by Gasteiger charge is -2.35. The van der Waals surface area contributed by atoms with E-state index in [1.165, 1.54) is 18.2 Å². The zero-order valence-electron chi connectivity index (χ0n) is 16.3. The monoisotopic (exact) mass is 390 g/mol. The van der Waals surface area contributed by atoms with Crippen LogP contribution in [0.15, 0.2) is 47.5 Å². The Kier molecular flexibility index (Phi) is 6.65. The van der Waals surface area contributed by atoms with Crippen molar-refractivity contribution in [3.63, 3.8) is 0 Å². The molecular weight excluding hydrogens is 367 g/mol. The van der Waals surface area contributed by atoms with E-state index in [-0.39, 0.29) is 18.4 Å². The molecule has 1 aliphatic heterocycles. The lowest BCUT2D eigenvalue weighted by atomic mass is 10.0. The molecule has 0 aromatic heterocycles. The molecule has 3 rings (SSSR count). The van der Waals surface area contributed by atoms with Gasteiger partial charge >= 0.3 is 0 Å². The number of nitrogens with zero attached hydrogens (tertiary/aromatic N) is 4. The summed E-state index contributed by atoms with van der Waals surface area (Å²) in [5.41, 5.74) is 2.45. The Balaban J connectivity index is 1.62. The van der Waals surface area contributed by atoms with Crippen LogP contribution in [0.4, 0.5) is 10.1 Å². The highest BCUT2D eigenvalue weighted by Gasteiger charge is 2.22. The smallest absolute Gasteiger partial charge is 0.191 e. The van der Waals surface area contributed by atoms with Gasteiger partial charge in [-0.2, -0.15) is 10.5 Å². The molecule has 1 fully saturated rings. The predicted molar refractivity (Wildman–Crippen MR) is 111 cm³/mol. The van der Waals surface area contributed by atoms with Crippen molar-refractivity contribution in [3.8, 4) is 12.1 Å². The van der Waals surface area contributed by atoms with Crippen molar-refractivity contribution in [1.82, 2.24) is 10.6 Å². The summed E-state index contributed by atoms with van der Waals surface area (Å²) in [6.07, 6.45) is 1.97. The van der Waals surface area contributed by atoms with E-state index in [1.807, 2.05) is 30.3 Å². The maximum atomic E-state index is 14.0. The standard InChI is InChI=1S/C22H23FN6/c1-26-22(27-14-18-11-16(12-24)8-9-20(18)23)28-19-6-4-10-29(15-19)21-7-3-2-5-17(21)13-25/h2-3,5,7-9,11,19H,4,6,10,14-15H2,1H3,(H2,26,27,28). The van der Waals surface area contributed by atoms with Crippen LogP contribution in [0.3, 0.4) is 0 Å². The highest BCUT2D eigenvalue weighted by molar-refractivity contribution is 5.80. The van der Waals surface area contributed by atoms with Crippen LogP contribution in [-0.4, -0.2) is 32.1 Å². The Labute approximate surface area is 170 Å². The number of hydrogen-bond acceptors (Lipinski definition) is 4. The van der Waals surface area contributed by atoms with Crippen molar-refractivity contribution < 1.29 is 4.39 Å². The largest absolute Gasteiger partial charge is 0.368 e. The Morgan fingerprint density at radius 1 is 1.24 bits per heavy atom. The molecule has 0 radical (unpaired) electrons. The fourth-order valence-corrected chi connectivity index (χ4v) is 3.50. The number of benzene rings is 2. The first-order chi connectivity index (χ1) is 14.1.